The molecule has 0 amide bonds. The summed E-state index contributed by atoms with van der Waals surface area (Å²) in [5.41, 5.74) is -0.748. The van der Waals surface area contributed by atoms with Crippen LogP contribution in [0.2, 0.25) is 0 Å². The Hall–Kier alpha value is 0.829. The maximum atomic E-state index is 3.49. The zero-order valence-corrected chi connectivity index (χ0v) is 11.0. The van der Waals surface area contributed by atoms with E-state index in [-0.39, 0.29) is 0 Å². The summed E-state index contributed by atoms with van der Waals surface area (Å²) in [4.78, 5) is 7.53. The van der Waals surface area contributed by atoms with Crippen LogP contribution >= 0.6 is 5.51 Å². The first-order valence-electron chi connectivity index (χ1n) is 4.82. The molecule has 5 heteroatoms. The molecule has 2 aliphatic heterocycles. The minimum absolute atomic E-state index is 0.748. The second kappa shape index (κ2) is 3.77. The molecule has 2 saturated heterocycles. The minimum atomic E-state index is -0.748. The first-order valence-corrected chi connectivity index (χ1v) is 9.38. The van der Waals surface area contributed by atoms with Gasteiger partial charge >= 0.3 is 88.0 Å². The molecule has 2 heterocycles. The van der Waals surface area contributed by atoms with Crippen LogP contribution in [0, 0.1) is 0 Å². The first-order chi connectivity index (χ1) is 6.11. The van der Waals surface area contributed by atoms with Crippen LogP contribution in [-0.2, 0) is 0 Å². The van der Waals surface area contributed by atoms with Crippen LogP contribution in [0.4, 0.5) is 0 Å². The molecule has 2 aliphatic rings. The van der Waals surface area contributed by atoms with E-state index in [0.717, 1.165) is 13.3 Å². The predicted molar refractivity (Wildman–Crippen MR) is 59.0 cm³/mol. The molecule has 3 nitrogen and oxygen atoms in total. The van der Waals surface area contributed by atoms with Gasteiger partial charge in [0.2, 0.25) is 0 Å². The summed E-state index contributed by atoms with van der Waals surface area (Å²) >= 11 is 3.49. The van der Waals surface area contributed by atoms with E-state index in [2.05, 4.69) is 43.8 Å². The molecule has 2 fully saturated rings. The van der Waals surface area contributed by atoms with Crippen LogP contribution in [0.3, 0.4) is 0 Å². The van der Waals surface area contributed by atoms with Gasteiger partial charge in [-0.15, -0.1) is 0 Å². The van der Waals surface area contributed by atoms with Gasteiger partial charge in [-0.3, -0.25) is 0 Å². The fraction of sp³-hybridized carbons (Fsp3) is 1.00. The standard InChI is InChI=1S/C8H18N3PSe/c1-3-12(13)7-10-4-9(2)5-11(6-10)8-12/h3-8H2,1-2H3. The van der Waals surface area contributed by atoms with Crippen LogP contribution < -0.4 is 0 Å². The second-order valence-electron chi connectivity index (χ2n) is 4.28. The third-order valence-corrected chi connectivity index (χ3v) is 8.84. The molecule has 0 aromatic rings. The van der Waals surface area contributed by atoms with Crippen molar-refractivity contribution in [2.45, 2.75) is 6.92 Å². The zero-order chi connectivity index (χ0) is 9.47. The van der Waals surface area contributed by atoms with Gasteiger partial charge in [0.15, 0.2) is 0 Å². The molecule has 2 bridgehead atoms. The van der Waals surface area contributed by atoms with Crippen molar-refractivity contribution in [2.24, 2.45) is 0 Å². The number of rotatable bonds is 1. The third kappa shape index (κ3) is 2.26. The van der Waals surface area contributed by atoms with Crippen LogP contribution in [0.5, 0.6) is 0 Å². The summed E-state index contributed by atoms with van der Waals surface area (Å²) in [6, 6.07) is 0. The quantitative estimate of drug-likeness (QED) is 0.504. The first kappa shape index (κ1) is 10.4. The average Bonchev–Trinajstić information content (AvgIpc) is 2.01. The van der Waals surface area contributed by atoms with E-state index in [9.17, 15) is 0 Å². The van der Waals surface area contributed by atoms with E-state index < -0.39 is 5.51 Å². The number of nitrogens with zero attached hydrogens (tertiary/aromatic N) is 3. The van der Waals surface area contributed by atoms with E-state index in [4.69, 9.17) is 0 Å². The Labute approximate surface area is 88.3 Å². The molecule has 0 N–H and O–H groups in total. The van der Waals surface area contributed by atoms with Gasteiger partial charge in [-0.2, -0.15) is 0 Å². The fourth-order valence-electron chi connectivity index (χ4n) is 2.25. The van der Waals surface area contributed by atoms with Crippen LogP contribution in [0.1, 0.15) is 6.92 Å². The molecule has 13 heavy (non-hydrogen) atoms. The molecule has 2 unspecified atom stereocenters. The molecule has 0 radical (unpaired) electrons. The molecule has 2 atom stereocenters. The fourth-order valence-corrected chi connectivity index (χ4v) is 6.61. The zero-order valence-electron chi connectivity index (χ0n) is 8.44. The van der Waals surface area contributed by atoms with Crippen LogP contribution in [0.15, 0.2) is 0 Å². The van der Waals surface area contributed by atoms with Crippen molar-refractivity contribution in [3.63, 3.8) is 0 Å². The SMILES string of the molecule is CCP1(=[Se])CN2CN(C)CN(C2)C1. The molecule has 76 valence electrons. The van der Waals surface area contributed by atoms with Crippen LogP contribution in [0.25, 0.3) is 0 Å². The van der Waals surface area contributed by atoms with Crippen molar-refractivity contribution < 1.29 is 0 Å². The topological polar surface area (TPSA) is 9.72 Å². The van der Waals surface area contributed by atoms with Gasteiger partial charge in [-0.1, -0.05) is 0 Å². The Morgan fingerprint density at radius 3 is 2.15 bits per heavy atom. The molecule has 0 saturated carbocycles. The molecule has 0 aliphatic carbocycles. The molecular formula is C8H18N3PSe. The van der Waals surface area contributed by atoms with Crippen molar-refractivity contribution in [1.82, 2.24) is 14.7 Å². The number of fused-ring (bicyclic) bond motifs is 2. The Balaban J connectivity index is 2.10. The Morgan fingerprint density at radius 1 is 1.15 bits per heavy atom. The van der Waals surface area contributed by atoms with Gasteiger partial charge in [-0.05, 0) is 0 Å². The van der Waals surface area contributed by atoms with Crippen molar-refractivity contribution in [3.8, 4) is 0 Å². The van der Waals surface area contributed by atoms with E-state index >= 15 is 0 Å². The summed E-state index contributed by atoms with van der Waals surface area (Å²) in [5, 5.41) is 0. The van der Waals surface area contributed by atoms with Gasteiger partial charge < -0.3 is 0 Å². The maximum absolute atomic E-state index is 3.49. The van der Waals surface area contributed by atoms with Gasteiger partial charge in [-0.25, -0.2) is 0 Å². The van der Waals surface area contributed by atoms with E-state index in [1.165, 1.54) is 25.4 Å². The average molecular weight is 266 g/mol. The van der Waals surface area contributed by atoms with Gasteiger partial charge in [0.25, 0.3) is 0 Å². The summed E-state index contributed by atoms with van der Waals surface area (Å²) < 4.78 is 0. The Kier molecular flexibility index (Phi) is 3.00. The van der Waals surface area contributed by atoms with E-state index in [1.807, 2.05) is 0 Å². The number of hydrogen-bond donors (Lipinski definition) is 0. The van der Waals surface area contributed by atoms with Gasteiger partial charge in [0, 0.05) is 0 Å². The van der Waals surface area contributed by atoms with Gasteiger partial charge in [0.05, 0.1) is 0 Å². The van der Waals surface area contributed by atoms with Crippen molar-refractivity contribution in [1.29, 1.82) is 0 Å². The molecule has 0 aromatic heterocycles. The summed E-state index contributed by atoms with van der Waals surface area (Å²) in [5.74, 6) is 0. The normalized spacial score (nSPS) is 46.3. The predicted octanol–water partition coefficient (Wildman–Crippen LogP) is 0.458. The van der Waals surface area contributed by atoms with Crippen LogP contribution in [-0.4, -0.2) is 75.6 Å². The summed E-state index contributed by atoms with van der Waals surface area (Å²) in [6.45, 7) is 5.82. The number of hydrogen-bond acceptors (Lipinski definition) is 3. The Bertz CT molecular complexity index is 224. The molecule has 0 aromatic carbocycles. The molecule has 2 rings (SSSR count). The molecular weight excluding hydrogens is 248 g/mol. The summed E-state index contributed by atoms with van der Waals surface area (Å²) in [7, 11) is 2.20. The molecule has 0 spiro atoms. The van der Waals surface area contributed by atoms with Gasteiger partial charge in [0.1, 0.15) is 0 Å². The van der Waals surface area contributed by atoms with Crippen molar-refractivity contribution in [2.75, 3.05) is 45.8 Å². The monoisotopic (exact) mass is 267 g/mol. The van der Waals surface area contributed by atoms with Crippen molar-refractivity contribution in [3.05, 3.63) is 0 Å². The second-order valence-corrected chi connectivity index (χ2v) is 12.5. The Morgan fingerprint density at radius 2 is 1.69 bits per heavy atom. The van der Waals surface area contributed by atoms with E-state index in [0.29, 0.717) is 0 Å². The summed E-state index contributed by atoms with van der Waals surface area (Å²) in [6.07, 6.45) is 4.00. The van der Waals surface area contributed by atoms with E-state index in [1.54, 1.807) is 0 Å². The van der Waals surface area contributed by atoms with Crippen molar-refractivity contribution >= 4 is 20.6 Å². The third-order valence-electron chi connectivity index (χ3n) is 2.77.